The standard InChI is InChI=1S/C12H26N2O2/c1-5-10(2)9-14(4)8-6-7-12(3,13)11(15)16/h10H,5-9,13H2,1-4H3,(H,15,16). The van der Waals surface area contributed by atoms with Crippen molar-refractivity contribution in [2.45, 2.75) is 45.6 Å². The van der Waals surface area contributed by atoms with Gasteiger partial charge in [0.05, 0.1) is 0 Å². The lowest BCUT2D eigenvalue weighted by molar-refractivity contribution is -0.142. The molecule has 96 valence electrons. The number of rotatable bonds is 8. The van der Waals surface area contributed by atoms with E-state index in [4.69, 9.17) is 10.8 Å². The van der Waals surface area contributed by atoms with E-state index in [1.807, 2.05) is 0 Å². The summed E-state index contributed by atoms with van der Waals surface area (Å²) in [5.74, 6) is -0.231. The Morgan fingerprint density at radius 3 is 2.56 bits per heavy atom. The fourth-order valence-corrected chi connectivity index (χ4v) is 1.58. The molecule has 0 fully saturated rings. The van der Waals surface area contributed by atoms with Crippen LogP contribution in [0.5, 0.6) is 0 Å². The number of carbonyl (C=O) groups is 1. The van der Waals surface area contributed by atoms with Crippen LogP contribution < -0.4 is 5.73 Å². The van der Waals surface area contributed by atoms with Crippen molar-refractivity contribution in [1.29, 1.82) is 0 Å². The van der Waals surface area contributed by atoms with Gasteiger partial charge in [0, 0.05) is 6.54 Å². The third-order valence-electron chi connectivity index (χ3n) is 3.04. The van der Waals surface area contributed by atoms with Gasteiger partial charge >= 0.3 is 5.97 Å². The van der Waals surface area contributed by atoms with E-state index >= 15 is 0 Å². The fourth-order valence-electron chi connectivity index (χ4n) is 1.58. The molecule has 0 radical (unpaired) electrons. The maximum atomic E-state index is 10.8. The van der Waals surface area contributed by atoms with Gasteiger partial charge in [-0.2, -0.15) is 0 Å². The number of hydrogen-bond acceptors (Lipinski definition) is 3. The number of carboxylic acids is 1. The summed E-state index contributed by atoms with van der Waals surface area (Å²) in [6.45, 7) is 7.94. The Morgan fingerprint density at radius 2 is 2.12 bits per heavy atom. The molecule has 0 heterocycles. The van der Waals surface area contributed by atoms with Crippen molar-refractivity contribution >= 4 is 5.97 Å². The maximum Gasteiger partial charge on any atom is 0.323 e. The minimum Gasteiger partial charge on any atom is -0.480 e. The third-order valence-corrected chi connectivity index (χ3v) is 3.04. The van der Waals surface area contributed by atoms with Crippen LogP contribution in [0, 0.1) is 5.92 Å². The topological polar surface area (TPSA) is 66.6 Å². The molecule has 4 nitrogen and oxygen atoms in total. The predicted octanol–water partition coefficient (Wildman–Crippen LogP) is 1.55. The molecule has 3 N–H and O–H groups in total. The Hall–Kier alpha value is -0.610. The van der Waals surface area contributed by atoms with Crippen molar-refractivity contribution in [1.82, 2.24) is 4.90 Å². The van der Waals surface area contributed by atoms with Crippen LogP contribution in [0.25, 0.3) is 0 Å². The van der Waals surface area contributed by atoms with Crippen LogP contribution >= 0.6 is 0 Å². The van der Waals surface area contributed by atoms with Gasteiger partial charge in [0.25, 0.3) is 0 Å². The minimum absolute atomic E-state index is 0.521. The van der Waals surface area contributed by atoms with Crippen LogP contribution in [0.3, 0.4) is 0 Å². The van der Waals surface area contributed by atoms with Crippen molar-refractivity contribution in [3.05, 3.63) is 0 Å². The Morgan fingerprint density at radius 1 is 1.56 bits per heavy atom. The number of carboxylic acid groups (broad SMARTS) is 1. The highest BCUT2D eigenvalue weighted by molar-refractivity contribution is 5.77. The number of nitrogens with zero attached hydrogens (tertiary/aromatic N) is 1. The molecule has 0 aliphatic heterocycles. The first kappa shape index (κ1) is 15.4. The van der Waals surface area contributed by atoms with Gasteiger partial charge in [-0.05, 0) is 39.3 Å². The second-order valence-corrected chi connectivity index (χ2v) is 5.10. The van der Waals surface area contributed by atoms with E-state index in [1.54, 1.807) is 6.92 Å². The summed E-state index contributed by atoms with van der Waals surface area (Å²) in [7, 11) is 2.07. The van der Waals surface area contributed by atoms with Gasteiger partial charge in [-0.3, -0.25) is 4.79 Å². The van der Waals surface area contributed by atoms with Crippen molar-refractivity contribution in [3.63, 3.8) is 0 Å². The molecule has 16 heavy (non-hydrogen) atoms. The van der Waals surface area contributed by atoms with Crippen LogP contribution in [-0.2, 0) is 4.79 Å². The van der Waals surface area contributed by atoms with Gasteiger partial charge in [-0.25, -0.2) is 0 Å². The molecule has 0 spiro atoms. The third kappa shape index (κ3) is 6.08. The van der Waals surface area contributed by atoms with Crippen LogP contribution in [-0.4, -0.2) is 41.7 Å². The highest BCUT2D eigenvalue weighted by Crippen LogP contribution is 2.10. The van der Waals surface area contributed by atoms with Crippen molar-refractivity contribution < 1.29 is 9.90 Å². The SMILES string of the molecule is CCC(C)CN(C)CCCC(C)(N)C(=O)O. The first-order valence-corrected chi connectivity index (χ1v) is 6.00. The molecule has 0 saturated carbocycles. The largest absolute Gasteiger partial charge is 0.480 e. The summed E-state index contributed by atoms with van der Waals surface area (Å²) in [6.07, 6.45) is 2.52. The quantitative estimate of drug-likeness (QED) is 0.664. The molecule has 0 aliphatic rings. The number of nitrogens with two attached hydrogens (primary N) is 1. The Labute approximate surface area is 98.8 Å². The smallest absolute Gasteiger partial charge is 0.323 e. The number of hydrogen-bond donors (Lipinski definition) is 2. The van der Waals surface area contributed by atoms with Gasteiger partial charge in [-0.1, -0.05) is 20.3 Å². The zero-order valence-corrected chi connectivity index (χ0v) is 11.0. The average Bonchev–Trinajstić information content (AvgIpc) is 2.16. The molecule has 0 bridgehead atoms. The second kappa shape index (κ2) is 6.86. The molecule has 0 rings (SSSR count). The maximum absolute atomic E-state index is 10.8. The molecule has 2 unspecified atom stereocenters. The molecular formula is C12H26N2O2. The first-order chi connectivity index (χ1) is 7.29. The van der Waals surface area contributed by atoms with Crippen molar-refractivity contribution in [3.8, 4) is 0 Å². The molecule has 0 aromatic heterocycles. The summed E-state index contributed by atoms with van der Waals surface area (Å²) < 4.78 is 0. The van der Waals surface area contributed by atoms with E-state index < -0.39 is 11.5 Å². The van der Waals surface area contributed by atoms with Crippen molar-refractivity contribution in [2.75, 3.05) is 20.1 Å². The predicted molar refractivity (Wildman–Crippen MR) is 66.4 cm³/mol. The lowest BCUT2D eigenvalue weighted by atomic mass is 9.97. The van der Waals surface area contributed by atoms with E-state index in [9.17, 15) is 4.79 Å². The van der Waals surface area contributed by atoms with Gasteiger partial charge in [0.1, 0.15) is 5.54 Å². The molecule has 0 aromatic carbocycles. The normalized spacial score (nSPS) is 17.1. The van der Waals surface area contributed by atoms with Gasteiger partial charge in [0.15, 0.2) is 0 Å². The fraction of sp³-hybridized carbons (Fsp3) is 0.917. The molecule has 0 saturated heterocycles. The summed E-state index contributed by atoms with van der Waals surface area (Å²) >= 11 is 0. The van der Waals surface area contributed by atoms with Crippen LogP contribution in [0.4, 0.5) is 0 Å². The molecule has 0 aliphatic carbocycles. The van der Waals surface area contributed by atoms with E-state index in [-0.39, 0.29) is 0 Å². The van der Waals surface area contributed by atoms with E-state index in [1.165, 1.54) is 6.42 Å². The molecule has 0 aromatic rings. The zero-order chi connectivity index (χ0) is 12.8. The molecule has 2 atom stereocenters. The average molecular weight is 230 g/mol. The highest BCUT2D eigenvalue weighted by Gasteiger charge is 2.26. The van der Waals surface area contributed by atoms with Crippen LogP contribution in [0.1, 0.15) is 40.0 Å². The van der Waals surface area contributed by atoms with E-state index in [2.05, 4.69) is 25.8 Å². The Balaban J connectivity index is 3.77. The lowest BCUT2D eigenvalue weighted by Gasteiger charge is -2.23. The lowest BCUT2D eigenvalue weighted by Crippen LogP contribution is -2.45. The zero-order valence-electron chi connectivity index (χ0n) is 11.0. The highest BCUT2D eigenvalue weighted by atomic mass is 16.4. The molecule has 4 heteroatoms. The van der Waals surface area contributed by atoms with Crippen LogP contribution in [0.15, 0.2) is 0 Å². The second-order valence-electron chi connectivity index (χ2n) is 5.10. The Kier molecular flexibility index (Phi) is 6.60. The van der Waals surface area contributed by atoms with Crippen LogP contribution in [0.2, 0.25) is 0 Å². The molecular weight excluding hydrogens is 204 g/mol. The van der Waals surface area contributed by atoms with Gasteiger partial charge < -0.3 is 15.7 Å². The monoisotopic (exact) mass is 230 g/mol. The van der Waals surface area contributed by atoms with E-state index in [0.29, 0.717) is 12.3 Å². The summed E-state index contributed by atoms with van der Waals surface area (Å²) in [5, 5.41) is 8.85. The summed E-state index contributed by atoms with van der Waals surface area (Å²) in [6, 6.07) is 0. The number of aliphatic carboxylic acids is 1. The van der Waals surface area contributed by atoms with Crippen molar-refractivity contribution in [2.24, 2.45) is 11.7 Å². The van der Waals surface area contributed by atoms with Gasteiger partial charge in [-0.15, -0.1) is 0 Å². The minimum atomic E-state index is -1.09. The first-order valence-electron chi connectivity index (χ1n) is 6.00. The van der Waals surface area contributed by atoms with Gasteiger partial charge in [0.2, 0.25) is 0 Å². The summed E-state index contributed by atoms with van der Waals surface area (Å²) in [4.78, 5) is 13.0. The Bertz CT molecular complexity index is 217. The summed E-state index contributed by atoms with van der Waals surface area (Å²) in [5.41, 5.74) is 4.57. The van der Waals surface area contributed by atoms with E-state index in [0.717, 1.165) is 19.5 Å². The molecule has 0 amide bonds.